The molecular formula is C9H12O2S. The van der Waals surface area contributed by atoms with Crippen LogP contribution >= 0.6 is 11.3 Å². The van der Waals surface area contributed by atoms with E-state index in [0.29, 0.717) is 12.8 Å². The Morgan fingerprint density at radius 2 is 2.50 bits per heavy atom. The molecule has 1 N–H and O–H groups in total. The molecule has 0 aliphatic heterocycles. The minimum absolute atomic E-state index is 0.130. The van der Waals surface area contributed by atoms with Crippen molar-refractivity contribution in [3.05, 3.63) is 22.4 Å². The first-order valence-electron chi connectivity index (χ1n) is 3.95. The number of aliphatic hydroxyl groups excluding tert-OH is 1. The van der Waals surface area contributed by atoms with Gasteiger partial charge in [-0.3, -0.25) is 4.79 Å². The highest BCUT2D eigenvalue weighted by Crippen LogP contribution is 2.12. The number of thiophene rings is 1. The predicted octanol–water partition coefficient (Wildman–Crippen LogP) is 2.09. The van der Waals surface area contributed by atoms with E-state index in [1.807, 2.05) is 17.5 Å². The SMILES string of the molecule is CC(O)CCC(=O)c1cccs1. The first-order valence-corrected chi connectivity index (χ1v) is 4.83. The average molecular weight is 184 g/mol. The van der Waals surface area contributed by atoms with Gasteiger partial charge in [0.1, 0.15) is 0 Å². The molecule has 1 heterocycles. The summed E-state index contributed by atoms with van der Waals surface area (Å²) in [5.74, 6) is 0.130. The second kappa shape index (κ2) is 4.38. The maximum Gasteiger partial charge on any atom is 0.172 e. The van der Waals surface area contributed by atoms with Crippen LogP contribution < -0.4 is 0 Å². The lowest BCUT2D eigenvalue weighted by molar-refractivity contribution is 0.0953. The number of rotatable bonds is 4. The fourth-order valence-electron chi connectivity index (χ4n) is 0.900. The van der Waals surface area contributed by atoms with Gasteiger partial charge in [0, 0.05) is 6.42 Å². The second-order valence-electron chi connectivity index (χ2n) is 2.79. The molecule has 1 rings (SSSR count). The van der Waals surface area contributed by atoms with Gasteiger partial charge in [-0.15, -0.1) is 11.3 Å². The van der Waals surface area contributed by atoms with Crippen LogP contribution in [0.3, 0.4) is 0 Å². The van der Waals surface area contributed by atoms with E-state index in [4.69, 9.17) is 5.11 Å². The van der Waals surface area contributed by atoms with Crippen LogP contribution in [0.15, 0.2) is 17.5 Å². The molecule has 0 spiro atoms. The van der Waals surface area contributed by atoms with Gasteiger partial charge < -0.3 is 5.11 Å². The molecule has 66 valence electrons. The summed E-state index contributed by atoms with van der Waals surface area (Å²) < 4.78 is 0. The molecule has 0 fully saturated rings. The molecule has 1 aromatic heterocycles. The van der Waals surface area contributed by atoms with Crippen molar-refractivity contribution in [1.29, 1.82) is 0 Å². The first kappa shape index (κ1) is 9.42. The number of carbonyl (C=O) groups excluding carboxylic acids is 1. The standard InChI is InChI=1S/C9H12O2S/c1-7(10)4-5-8(11)9-3-2-6-12-9/h2-3,6-7,10H,4-5H2,1H3. The Balaban J connectivity index is 2.40. The Labute approximate surface area is 75.9 Å². The average Bonchev–Trinajstić information content (AvgIpc) is 2.51. The van der Waals surface area contributed by atoms with Gasteiger partial charge in [-0.05, 0) is 24.8 Å². The molecule has 0 aliphatic rings. The lowest BCUT2D eigenvalue weighted by atomic mass is 10.1. The highest BCUT2D eigenvalue weighted by Gasteiger charge is 2.07. The maximum atomic E-state index is 11.3. The van der Waals surface area contributed by atoms with Gasteiger partial charge in [-0.2, -0.15) is 0 Å². The summed E-state index contributed by atoms with van der Waals surface area (Å²) in [4.78, 5) is 12.1. The van der Waals surface area contributed by atoms with E-state index >= 15 is 0 Å². The van der Waals surface area contributed by atoms with E-state index in [-0.39, 0.29) is 11.9 Å². The summed E-state index contributed by atoms with van der Waals surface area (Å²) in [6.07, 6.45) is 0.614. The van der Waals surface area contributed by atoms with Crippen LogP contribution in [0.2, 0.25) is 0 Å². The van der Waals surface area contributed by atoms with Crippen molar-refractivity contribution < 1.29 is 9.90 Å². The van der Waals surface area contributed by atoms with Crippen molar-refractivity contribution in [3.8, 4) is 0 Å². The zero-order valence-corrected chi connectivity index (χ0v) is 7.80. The third-order valence-electron chi connectivity index (χ3n) is 1.59. The lowest BCUT2D eigenvalue weighted by Crippen LogP contribution is -2.04. The predicted molar refractivity (Wildman–Crippen MR) is 49.6 cm³/mol. The quantitative estimate of drug-likeness (QED) is 0.727. The Morgan fingerprint density at radius 1 is 1.75 bits per heavy atom. The molecular weight excluding hydrogens is 172 g/mol. The Hall–Kier alpha value is -0.670. The van der Waals surface area contributed by atoms with E-state index in [1.54, 1.807) is 6.92 Å². The van der Waals surface area contributed by atoms with E-state index in [1.165, 1.54) is 11.3 Å². The molecule has 0 saturated carbocycles. The van der Waals surface area contributed by atoms with Crippen molar-refractivity contribution in [2.75, 3.05) is 0 Å². The first-order chi connectivity index (χ1) is 5.70. The minimum atomic E-state index is -0.381. The molecule has 0 bridgehead atoms. The zero-order chi connectivity index (χ0) is 8.97. The number of carbonyl (C=O) groups is 1. The second-order valence-corrected chi connectivity index (χ2v) is 3.74. The van der Waals surface area contributed by atoms with Crippen LogP contribution in [0.25, 0.3) is 0 Å². The van der Waals surface area contributed by atoms with E-state index in [2.05, 4.69) is 0 Å². The van der Waals surface area contributed by atoms with Crippen molar-refractivity contribution in [3.63, 3.8) is 0 Å². The van der Waals surface area contributed by atoms with Crippen molar-refractivity contribution >= 4 is 17.1 Å². The highest BCUT2D eigenvalue weighted by molar-refractivity contribution is 7.12. The minimum Gasteiger partial charge on any atom is -0.393 e. The van der Waals surface area contributed by atoms with Gasteiger partial charge >= 0.3 is 0 Å². The molecule has 2 nitrogen and oxygen atoms in total. The summed E-state index contributed by atoms with van der Waals surface area (Å²) in [7, 11) is 0. The molecule has 3 heteroatoms. The van der Waals surface area contributed by atoms with Gasteiger partial charge in [0.05, 0.1) is 11.0 Å². The molecule has 0 radical (unpaired) electrons. The summed E-state index contributed by atoms with van der Waals surface area (Å²) in [5.41, 5.74) is 0. The molecule has 0 amide bonds. The zero-order valence-electron chi connectivity index (χ0n) is 6.99. The summed E-state index contributed by atoms with van der Waals surface area (Å²) >= 11 is 1.45. The van der Waals surface area contributed by atoms with Crippen LogP contribution in [0.4, 0.5) is 0 Å². The molecule has 12 heavy (non-hydrogen) atoms. The monoisotopic (exact) mass is 184 g/mol. The molecule has 1 aromatic rings. The number of ketones is 1. The fraction of sp³-hybridized carbons (Fsp3) is 0.444. The Kier molecular flexibility index (Phi) is 3.44. The smallest absolute Gasteiger partial charge is 0.172 e. The van der Waals surface area contributed by atoms with Crippen molar-refractivity contribution in [1.82, 2.24) is 0 Å². The topological polar surface area (TPSA) is 37.3 Å². The molecule has 0 saturated heterocycles. The molecule has 1 atom stereocenters. The largest absolute Gasteiger partial charge is 0.393 e. The molecule has 0 aromatic carbocycles. The van der Waals surface area contributed by atoms with Crippen LogP contribution in [0, 0.1) is 0 Å². The maximum absolute atomic E-state index is 11.3. The Morgan fingerprint density at radius 3 is 3.00 bits per heavy atom. The third kappa shape index (κ3) is 2.75. The third-order valence-corrected chi connectivity index (χ3v) is 2.50. The van der Waals surface area contributed by atoms with Gasteiger partial charge in [0.25, 0.3) is 0 Å². The van der Waals surface area contributed by atoms with Gasteiger partial charge in [0.15, 0.2) is 5.78 Å². The summed E-state index contributed by atoms with van der Waals surface area (Å²) in [6, 6.07) is 3.68. The van der Waals surface area contributed by atoms with Gasteiger partial charge in [-0.1, -0.05) is 6.07 Å². The van der Waals surface area contributed by atoms with Crippen LogP contribution in [0.5, 0.6) is 0 Å². The Bertz CT molecular complexity index is 239. The molecule has 0 aliphatic carbocycles. The van der Waals surface area contributed by atoms with Gasteiger partial charge in [0.2, 0.25) is 0 Å². The van der Waals surface area contributed by atoms with Crippen LogP contribution in [-0.2, 0) is 0 Å². The van der Waals surface area contributed by atoms with E-state index in [9.17, 15) is 4.79 Å². The fourth-order valence-corrected chi connectivity index (χ4v) is 1.59. The van der Waals surface area contributed by atoms with Crippen molar-refractivity contribution in [2.45, 2.75) is 25.9 Å². The lowest BCUT2D eigenvalue weighted by Gasteiger charge is -2.00. The number of Topliss-reactive ketones (excluding diaryl/α,β-unsaturated/α-hetero) is 1. The van der Waals surface area contributed by atoms with Crippen LogP contribution in [0.1, 0.15) is 29.4 Å². The summed E-state index contributed by atoms with van der Waals surface area (Å²) in [6.45, 7) is 1.70. The normalized spacial score (nSPS) is 12.8. The van der Waals surface area contributed by atoms with E-state index < -0.39 is 0 Å². The highest BCUT2D eigenvalue weighted by atomic mass is 32.1. The van der Waals surface area contributed by atoms with Crippen molar-refractivity contribution in [2.24, 2.45) is 0 Å². The summed E-state index contributed by atoms with van der Waals surface area (Å²) in [5, 5.41) is 10.8. The number of hydrogen-bond acceptors (Lipinski definition) is 3. The van der Waals surface area contributed by atoms with E-state index in [0.717, 1.165) is 4.88 Å². The van der Waals surface area contributed by atoms with Gasteiger partial charge in [-0.25, -0.2) is 0 Å². The number of hydrogen-bond donors (Lipinski definition) is 1. The van der Waals surface area contributed by atoms with Crippen LogP contribution in [-0.4, -0.2) is 17.0 Å². The molecule has 1 unspecified atom stereocenters. The number of aliphatic hydroxyl groups is 1.